The molecule has 472 valence electrons. The highest BCUT2D eigenvalue weighted by Crippen LogP contribution is 2.31. The third-order valence-electron chi connectivity index (χ3n) is 15.2. The molecule has 12 amide bonds. The van der Waals surface area contributed by atoms with E-state index >= 15 is 0 Å². The highest BCUT2D eigenvalue weighted by Gasteiger charge is 2.41. The highest BCUT2D eigenvalue weighted by atomic mass is 16.2. The number of likely N-dealkylation sites (N-methyl/N-ethyl adjacent to an activating group) is 1. The summed E-state index contributed by atoms with van der Waals surface area (Å²) in [5, 5.41) is 25.6. The number of hydrogen-bond donors (Lipinski definition) is 9. The minimum absolute atomic E-state index is 0.0104. The molecule has 22 heteroatoms. The number of urea groups is 2. The molecule has 6 fully saturated rings. The summed E-state index contributed by atoms with van der Waals surface area (Å²) in [5.41, 5.74) is -3.14. The number of hydrogen-bond acceptors (Lipinski definition) is 10. The summed E-state index contributed by atoms with van der Waals surface area (Å²) >= 11 is 0. The molecule has 2 unspecified atom stereocenters. The lowest BCUT2D eigenvalue weighted by Crippen LogP contribution is -2.64. The molecular weight excluding hydrogens is 1050 g/mol. The van der Waals surface area contributed by atoms with E-state index in [2.05, 4.69) is 68.6 Å². The summed E-state index contributed by atoms with van der Waals surface area (Å²) in [6, 6.07) is 0.397. The monoisotopic (exact) mass is 1160 g/mol. The molecule has 0 aromatic heterocycles. The van der Waals surface area contributed by atoms with Gasteiger partial charge in [-0.15, -0.1) is 0 Å². The summed E-state index contributed by atoms with van der Waals surface area (Å²) in [6.45, 7) is 38.1. The van der Waals surface area contributed by atoms with E-state index in [0.29, 0.717) is 19.2 Å². The van der Waals surface area contributed by atoms with Crippen molar-refractivity contribution < 1.29 is 47.9 Å². The maximum Gasteiger partial charge on any atom is 0.320 e. The van der Waals surface area contributed by atoms with E-state index in [1.807, 2.05) is 121 Å². The molecule has 2 atom stereocenters. The number of nitrogens with one attached hydrogen (secondary N) is 9. The summed E-state index contributed by atoms with van der Waals surface area (Å²) in [4.78, 5) is 117. The molecule has 0 spiro atoms. The number of carbonyl (C=O) groups is 10. The molecule has 0 radical (unpaired) electrons. The lowest BCUT2D eigenvalue weighted by molar-refractivity contribution is -0.133. The second kappa shape index (κ2) is 31.8. The quantitative estimate of drug-likeness (QED) is 0.0740. The van der Waals surface area contributed by atoms with Crippen LogP contribution in [0, 0.1) is 21.7 Å². The van der Waals surface area contributed by atoms with Gasteiger partial charge < -0.3 is 62.6 Å². The summed E-state index contributed by atoms with van der Waals surface area (Å²) in [5.74, 6) is 0.00569. The summed E-state index contributed by atoms with van der Waals surface area (Å²) in [7, 11) is 1.84. The van der Waals surface area contributed by atoms with Crippen molar-refractivity contribution in [1.82, 2.24) is 62.6 Å². The van der Waals surface area contributed by atoms with Gasteiger partial charge in [-0.3, -0.25) is 38.4 Å². The smallest absolute Gasteiger partial charge is 0.320 e. The van der Waals surface area contributed by atoms with Crippen molar-refractivity contribution in [2.24, 2.45) is 21.7 Å². The van der Waals surface area contributed by atoms with Crippen LogP contribution in [0.4, 0.5) is 9.59 Å². The van der Waals surface area contributed by atoms with Gasteiger partial charge in [-0.25, -0.2) is 9.59 Å². The lowest BCUT2D eigenvalue weighted by atomic mass is 9.83. The van der Waals surface area contributed by atoms with Crippen LogP contribution in [0.3, 0.4) is 0 Å². The number of carbonyl (C=O) groups excluding carboxylic acids is 10. The lowest BCUT2D eigenvalue weighted by Gasteiger charge is -2.43. The van der Waals surface area contributed by atoms with Gasteiger partial charge in [-0.2, -0.15) is 0 Å². The standard InChI is InChI=1S/2C12H22N2O2.C11H20N2O2.C10H18N2O2.C8H16N2O.C7H14N2O/c1-12(2,3)11(16)14-10-7-5-4-6-9(10)13-8-15;1-11(2,3)10(16)14-12(13-9-15)7-5-4-6-8-12;1-10(2,3)9(15)13-11(12-8-14)6-4-5-7-11;1-9(2,3)8(14)12-10(11-7-13)5-4-6-10;1-8(2,3)10-6-5-9(4)7(10)11;1-7(2,3)9-5-4-8-6(9)10/h8-10H,4-7H2,1-3H3,(H,13,15)(H,14,16);9H,4-8H2,1-3H3,(H,13,15)(H,14,16);8H,4-7H2,1-3H3,(H,12,14)(H,13,15);7H,4-6H2,1-3H3,(H,11,13)(H,12,14);5-6H2,1-4H3;4-5H2,1-3H3,(H,8,10). The molecule has 2 aliphatic heterocycles. The van der Waals surface area contributed by atoms with Crippen molar-refractivity contribution in [3.8, 4) is 0 Å². The number of rotatable bonds is 12. The Kier molecular flexibility index (Phi) is 28.8. The van der Waals surface area contributed by atoms with E-state index in [1.54, 1.807) is 4.90 Å². The van der Waals surface area contributed by atoms with Gasteiger partial charge in [0.2, 0.25) is 49.3 Å². The van der Waals surface area contributed by atoms with Gasteiger partial charge in [0, 0.05) is 78.0 Å². The first-order chi connectivity index (χ1) is 37.6. The van der Waals surface area contributed by atoms with Crippen LogP contribution in [0.15, 0.2) is 0 Å². The van der Waals surface area contributed by atoms with Crippen LogP contribution in [0.1, 0.15) is 227 Å². The Labute approximate surface area is 492 Å². The number of nitrogens with zero attached hydrogens (tertiary/aromatic N) is 3. The first-order valence-electron chi connectivity index (χ1n) is 29.8. The van der Waals surface area contributed by atoms with Crippen LogP contribution in [0.2, 0.25) is 0 Å². The molecular formula is C60H112N12O10. The molecule has 9 N–H and O–H groups in total. The Morgan fingerprint density at radius 2 is 0.805 bits per heavy atom. The first-order valence-corrected chi connectivity index (χ1v) is 29.8. The Morgan fingerprint density at radius 1 is 0.451 bits per heavy atom. The largest absolute Gasteiger partial charge is 0.354 e. The fraction of sp³-hybridized carbons (Fsp3) is 0.833. The van der Waals surface area contributed by atoms with Crippen LogP contribution in [-0.4, -0.2) is 149 Å². The van der Waals surface area contributed by atoms with Gasteiger partial charge in [-0.1, -0.05) is 102 Å². The summed E-state index contributed by atoms with van der Waals surface area (Å²) < 4.78 is 0. The molecule has 2 saturated heterocycles. The Morgan fingerprint density at radius 3 is 1.05 bits per heavy atom. The van der Waals surface area contributed by atoms with Gasteiger partial charge in [0.05, 0.1) is 0 Å². The molecule has 0 bridgehead atoms. The molecule has 6 aliphatic rings. The second-order valence-corrected chi connectivity index (χ2v) is 28.9. The third-order valence-corrected chi connectivity index (χ3v) is 15.2. The van der Waals surface area contributed by atoms with Crippen LogP contribution < -0.4 is 47.9 Å². The van der Waals surface area contributed by atoms with Crippen molar-refractivity contribution in [2.75, 3.05) is 33.2 Å². The highest BCUT2D eigenvalue weighted by molar-refractivity contribution is 5.84. The zero-order valence-corrected chi connectivity index (χ0v) is 54.0. The van der Waals surface area contributed by atoms with E-state index in [-0.39, 0.29) is 64.3 Å². The zero-order valence-electron chi connectivity index (χ0n) is 54.0. The average Bonchev–Trinajstić information content (AvgIpc) is 4.09. The van der Waals surface area contributed by atoms with Crippen molar-refractivity contribution in [3.05, 3.63) is 0 Å². The molecule has 2 heterocycles. The second-order valence-electron chi connectivity index (χ2n) is 28.9. The van der Waals surface area contributed by atoms with Gasteiger partial charge in [0.25, 0.3) is 0 Å². The molecule has 4 saturated carbocycles. The van der Waals surface area contributed by atoms with E-state index in [9.17, 15) is 47.9 Å². The van der Waals surface area contributed by atoms with Crippen LogP contribution in [0.5, 0.6) is 0 Å². The van der Waals surface area contributed by atoms with Crippen LogP contribution in [-0.2, 0) is 38.4 Å². The molecule has 4 aliphatic carbocycles. The molecule has 0 aromatic carbocycles. The fourth-order valence-corrected chi connectivity index (χ4v) is 9.49. The Hall–Kier alpha value is -5.70. The van der Waals surface area contributed by atoms with Crippen LogP contribution in [0.25, 0.3) is 0 Å². The van der Waals surface area contributed by atoms with E-state index < -0.39 is 33.2 Å². The zero-order chi connectivity index (χ0) is 63.2. The number of amides is 12. The summed E-state index contributed by atoms with van der Waals surface area (Å²) in [6.07, 6.45) is 18.3. The van der Waals surface area contributed by atoms with Crippen molar-refractivity contribution >= 4 is 61.3 Å². The van der Waals surface area contributed by atoms with E-state index in [4.69, 9.17) is 0 Å². The van der Waals surface area contributed by atoms with Gasteiger partial charge in [0.15, 0.2) is 0 Å². The average molecular weight is 1160 g/mol. The van der Waals surface area contributed by atoms with Gasteiger partial charge in [0.1, 0.15) is 17.0 Å². The van der Waals surface area contributed by atoms with E-state index in [1.165, 1.54) is 6.42 Å². The minimum Gasteiger partial charge on any atom is -0.354 e. The fourth-order valence-electron chi connectivity index (χ4n) is 9.49. The van der Waals surface area contributed by atoms with Gasteiger partial charge >= 0.3 is 12.1 Å². The maximum absolute atomic E-state index is 11.9. The van der Waals surface area contributed by atoms with Gasteiger partial charge in [-0.05, 0) is 125 Å². The Bertz CT molecular complexity index is 2080. The van der Waals surface area contributed by atoms with Crippen molar-refractivity contribution in [2.45, 2.75) is 268 Å². The van der Waals surface area contributed by atoms with Crippen molar-refractivity contribution in [1.29, 1.82) is 0 Å². The topological polar surface area (TPSA) is 289 Å². The predicted molar refractivity (Wildman–Crippen MR) is 321 cm³/mol. The van der Waals surface area contributed by atoms with E-state index in [0.717, 1.165) is 129 Å². The molecule has 22 nitrogen and oxygen atoms in total. The predicted octanol–water partition coefficient (Wildman–Crippen LogP) is 6.66. The van der Waals surface area contributed by atoms with Crippen molar-refractivity contribution in [3.63, 3.8) is 0 Å². The molecule has 6 rings (SSSR count). The molecule has 0 aromatic rings. The molecule has 82 heavy (non-hydrogen) atoms. The van der Waals surface area contributed by atoms with Crippen LogP contribution >= 0.6 is 0 Å². The first kappa shape index (κ1) is 74.3. The normalized spacial score (nSPS) is 20.9. The Balaban J connectivity index is 0.000000495. The third kappa shape index (κ3) is 25.4. The SMILES string of the molecule is CC(C)(C)C(=O)NC1(NC=O)CCC1.CC(C)(C)C(=O)NC1(NC=O)CCCC1.CC(C)(C)C(=O)NC1(NC=O)CCCCC1.CC(C)(C)C(=O)NC1CCCCC1NC=O.CC(C)(C)N1CCNC1=O.CN1CCN(C(C)(C)C)C1=O. The minimum atomic E-state index is -0.510. The maximum atomic E-state index is 11.9.